The van der Waals surface area contributed by atoms with Crippen molar-refractivity contribution >= 4 is 11.6 Å². The van der Waals surface area contributed by atoms with Crippen LogP contribution in [0.15, 0.2) is 16.5 Å². The maximum atomic E-state index is 6.04. The van der Waals surface area contributed by atoms with Gasteiger partial charge in [0.15, 0.2) is 11.0 Å². The molecule has 0 amide bonds. The lowest BCUT2D eigenvalue weighted by Gasteiger charge is -2.21. The van der Waals surface area contributed by atoms with Gasteiger partial charge in [0.25, 0.3) is 0 Å². The van der Waals surface area contributed by atoms with Crippen LogP contribution in [0.25, 0.3) is 11.6 Å². The Hall–Kier alpha value is -1.33. The van der Waals surface area contributed by atoms with Crippen LogP contribution in [0.3, 0.4) is 0 Å². The van der Waals surface area contributed by atoms with Gasteiger partial charge < -0.3 is 10.2 Å². The van der Waals surface area contributed by atoms with E-state index in [1.165, 1.54) is 0 Å². The maximum Gasteiger partial charge on any atom is 0.201 e. The van der Waals surface area contributed by atoms with Gasteiger partial charge in [-0.2, -0.15) is 0 Å². The standard InChI is InChI=1S/C10H11ClN4O/c11-7-5-4-6(16-7)10-14-13-9-3-1-2-8(12)15(9)10/h4-5,8H,1-3,12H2. The highest BCUT2D eigenvalue weighted by Crippen LogP contribution is 2.29. The van der Waals surface area contributed by atoms with Crippen LogP contribution < -0.4 is 5.73 Å². The Morgan fingerprint density at radius 1 is 1.44 bits per heavy atom. The molecule has 3 heterocycles. The van der Waals surface area contributed by atoms with Crippen LogP contribution in [0.5, 0.6) is 0 Å². The van der Waals surface area contributed by atoms with Gasteiger partial charge in [-0.3, -0.25) is 4.57 Å². The Bertz CT molecular complexity index is 519. The number of aromatic nitrogens is 3. The fourth-order valence-electron chi connectivity index (χ4n) is 2.04. The highest BCUT2D eigenvalue weighted by atomic mass is 35.5. The molecular formula is C10H11ClN4O. The number of fused-ring (bicyclic) bond motifs is 1. The quantitative estimate of drug-likeness (QED) is 0.825. The molecule has 5 nitrogen and oxygen atoms in total. The molecule has 0 aliphatic carbocycles. The van der Waals surface area contributed by atoms with E-state index in [4.69, 9.17) is 21.8 Å². The number of nitrogens with two attached hydrogens (primary N) is 1. The second-order valence-corrected chi connectivity index (χ2v) is 4.25. The molecule has 0 saturated heterocycles. The van der Waals surface area contributed by atoms with E-state index in [2.05, 4.69) is 10.2 Å². The zero-order valence-corrected chi connectivity index (χ0v) is 9.31. The third-order valence-electron chi connectivity index (χ3n) is 2.79. The molecule has 1 unspecified atom stereocenters. The largest absolute Gasteiger partial charge is 0.441 e. The van der Waals surface area contributed by atoms with Gasteiger partial charge in [-0.05, 0) is 36.6 Å². The maximum absolute atomic E-state index is 6.04. The van der Waals surface area contributed by atoms with E-state index in [0.29, 0.717) is 16.8 Å². The molecule has 2 aromatic heterocycles. The number of furan rings is 1. The molecule has 0 radical (unpaired) electrons. The zero-order chi connectivity index (χ0) is 11.1. The minimum atomic E-state index is -0.0716. The summed E-state index contributed by atoms with van der Waals surface area (Å²) in [6.07, 6.45) is 2.83. The molecule has 84 valence electrons. The van der Waals surface area contributed by atoms with Crippen LogP contribution in [0, 0.1) is 0 Å². The third-order valence-corrected chi connectivity index (χ3v) is 3.00. The molecule has 1 aliphatic heterocycles. The van der Waals surface area contributed by atoms with E-state index in [9.17, 15) is 0 Å². The van der Waals surface area contributed by atoms with Crippen molar-refractivity contribution in [1.82, 2.24) is 14.8 Å². The molecule has 3 rings (SSSR count). The van der Waals surface area contributed by atoms with E-state index in [-0.39, 0.29) is 6.17 Å². The molecule has 0 spiro atoms. The van der Waals surface area contributed by atoms with Crippen molar-refractivity contribution in [1.29, 1.82) is 0 Å². The van der Waals surface area contributed by atoms with Crippen molar-refractivity contribution in [3.63, 3.8) is 0 Å². The van der Waals surface area contributed by atoms with Gasteiger partial charge in [-0.25, -0.2) is 0 Å². The lowest BCUT2D eigenvalue weighted by Crippen LogP contribution is -2.25. The first kappa shape index (κ1) is 9.86. The molecule has 2 aromatic rings. The van der Waals surface area contributed by atoms with Crippen LogP contribution in [0.4, 0.5) is 0 Å². The average Bonchev–Trinajstić information content (AvgIpc) is 2.84. The van der Waals surface area contributed by atoms with Gasteiger partial charge in [0.05, 0.1) is 6.17 Å². The lowest BCUT2D eigenvalue weighted by molar-refractivity contribution is 0.408. The first-order chi connectivity index (χ1) is 7.75. The van der Waals surface area contributed by atoms with Gasteiger partial charge in [0.1, 0.15) is 5.82 Å². The van der Waals surface area contributed by atoms with Gasteiger partial charge in [0.2, 0.25) is 5.82 Å². The minimum absolute atomic E-state index is 0.0716. The molecular weight excluding hydrogens is 228 g/mol. The molecule has 16 heavy (non-hydrogen) atoms. The monoisotopic (exact) mass is 238 g/mol. The summed E-state index contributed by atoms with van der Waals surface area (Å²) in [4.78, 5) is 0. The summed E-state index contributed by atoms with van der Waals surface area (Å²) in [5.74, 6) is 2.19. The van der Waals surface area contributed by atoms with Crippen molar-refractivity contribution in [2.45, 2.75) is 25.4 Å². The number of nitrogens with zero attached hydrogens (tertiary/aromatic N) is 3. The van der Waals surface area contributed by atoms with E-state index >= 15 is 0 Å². The second-order valence-electron chi connectivity index (χ2n) is 3.87. The Labute approximate surface area is 97.2 Å². The molecule has 1 aliphatic rings. The first-order valence-corrected chi connectivity index (χ1v) is 5.58. The summed E-state index contributed by atoms with van der Waals surface area (Å²) in [7, 11) is 0. The van der Waals surface area contributed by atoms with Gasteiger partial charge in [-0.15, -0.1) is 10.2 Å². The summed E-state index contributed by atoms with van der Waals surface area (Å²) in [5, 5.41) is 8.58. The summed E-state index contributed by atoms with van der Waals surface area (Å²) in [6.45, 7) is 0. The van der Waals surface area contributed by atoms with Gasteiger partial charge in [0, 0.05) is 6.42 Å². The fourth-order valence-corrected chi connectivity index (χ4v) is 2.19. The number of hydrogen-bond acceptors (Lipinski definition) is 4. The van der Waals surface area contributed by atoms with Crippen molar-refractivity contribution in [2.24, 2.45) is 5.73 Å². The zero-order valence-electron chi connectivity index (χ0n) is 8.56. The Balaban J connectivity index is 2.12. The van der Waals surface area contributed by atoms with E-state index in [1.807, 2.05) is 4.57 Å². The van der Waals surface area contributed by atoms with Gasteiger partial charge >= 0.3 is 0 Å². The Kier molecular flexibility index (Phi) is 2.22. The van der Waals surface area contributed by atoms with Crippen LogP contribution in [0.2, 0.25) is 5.22 Å². The van der Waals surface area contributed by atoms with Crippen LogP contribution in [-0.4, -0.2) is 14.8 Å². The predicted octanol–water partition coefficient (Wildman–Crippen LogP) is 1.99. The number of halogens is 1. The molecule has 2 N–H and O–H groups in total. The van der Waals surface area contributed by atoms with E-state index in [0.717, 1.165) is 25.1 Å². The van der Waals surface area contributed by atoms with Crippen molar-refractivity contribution in [2.75, 3.05) is 0 Å². The van der Waals surface area contributed by atoms with Crippen molar-refractivity contribution in [3.05, 3.63) is 23.2 Å². The highest BCUT2D eigenvalue weighted by Gasteiger charge is 2.24. The Morgan fingerprint density at radius 3 is 3.06 bits per heavy atom. The van der Waals surface area contributed by atoms with Crippen LogP contribution >= 0.6 is 11.6 Å². The van der Waals surface area contributed by atoms with Gasteiger partial charge in [-0.1, -0.05) is 0 Å². The van der Waals surface area contributed by atoms with Crippen molar-refractivity contribution in [3.8, 4) is 11.6 Å². The summed E-state index contributed by atoms with van der Waals surface area (Å²) in [6, 6.07) is 3.47. The third kappa shape index (κ3) is 1.44. The molecule has 1 atom stereocenters. The number of rotatable bonds is 1. The summed E-state index contributed by atoms with van der Waals surface area (Å²) < 4.78 is 7.26. The van der Waals surface area contributed by atoms with Crippen LogP contribution in [0.1, 0.15) is 24.8 Å². The normalized spacial score (nSPS) is 19.8. The molecule has 6 heteroatoms. The van der Waals surface area contributed by atoms with E-state index in [1.54, 1.807) is 12.1 Å². The average molecular weight is 239 g/mol. The van der Waals surface area contributed by atoms with Crippen LogP contribution in [-0.2, 0) is 6.42 Å². The summed E-state index contributed by atoms with van der Waals surface area (Å²) in [5.41, 5.74) is 6.04. The molecule has 0 aromatic carbocycles. The number of aryl methyl sites for hydroxylation is 1. The topological polar surface area (TPSA) is 69.9 Å². The fraction of sp³-hybridized carbons (Fsp3) is 0.400. The summed E-state index contributed by atoms with van der Waals surface area (Å²) >= 11 is 5.74. The van der Waals surface area contributed by atoms with Crippen molar-refractivity contribution < 1.29 is 4.42 Å². The van der Waals surface area contributed by atoms with E-state index < -0.39 is 0 Å². The molecule has 0 fully saturated rings. The second kappa shape index (κ2) is 3.61. The predicted molar refractivity (Wildman–Crippen MR) is 58.9 cm³/mol. The Morgan fingerprint density at radius 2 is 2.31 bits per heavy atom. The molecule has 0 bridgehead atoms. The highest BCUT2D eigenvalue weighted by molar-refractivity contribution is 6.28. The molecule has 0 saturated carbocycles. The lowest BCUT2D eigenvalue weighted by atomic mass is 10.1. The minimum Gasteiger partial charge on any atom is -0.441 e. The first-order valence-electron chi connectivity index (χ1n) is 5.21. The number of hydrogen-bond donors (Lipinski definition) is 1. The SMILES string of the molecule is NC1CCCc2nnc(-c3ccc(Cl)o3)n21. The smallest absolute Gasteiger partial charge is 0.201 e.